The highest BCUT2D eigenvalue weighted by Crippen LogP contribution is 2.25. The first kappa shape index (κ1) is 14.8. The second-order valence-electron chi connectivity index (χ2n) is 4.66. The summed E-state index contributed by atoms with van der Waals surface area (Å²) in [6.45, 7) is 3.85. The van der Waals surface area contributed by atoms with E-state index >= 15 is 0 Å². The Morgan fingerprint density at radius 1 is 1.29 bits per heavy atom. The molecule has 0 saturated heterocycles. The third kappa shape index (κ3) is 3.72. The molecule has 21 heavy (non-hydrogen) atoms. The molecule has 0 aromatic heterocycles. The number of nitrogens with one attached hydrogen (secondary N) is 1. The van der Waals surface area contributed by atoms with Crippen LogP contribution in [0.1, 0.15) is 22.8 Å². The van der Waals surface area contributed by atoms with Gasteiger partial charge in [0.1, 0.15) is 5.82 Å². The highest BCUT2D eigenvalue weighted by Gasteiger charge is 2.09. The fraction of sp³-hybridized carbons (Fsp3) is 0.188. The van der Waals surface area contributed by atoms with Gasteiger partial charge in [-0.3, -0.25) is 0 Å². The van der Waals surface area contributed by atoms with Crippen LogP contribution in [0.4, 0.5) is 21.5 Å². The molecular weight excluding hydrogens is 271 g/mol. The van der Waals surface area contributed by atoms with Gasteiger partial charge in [0.15, 0.2) is 0 Å². The zero-order valence-electron chi connectivity index (χ0n) is 11.9. The molecule has 0 aliphatic heterocycles. The molecule has 0 heterocycles. The monoisotopic (exact) mass is 288 g/mol. The summed E-state index contributed by atoms with van der Waals surface area (Å²) in [4.78, 5) is 11.6. The summed E-state index contributed by atoms with van der Waals surface area (Å²) >= 11 is 0. The molecule has 2 aromatic rings. The fourth-order valence-corrected chi connectivity index (χ4v) is 1.98. The van der Waals surface area contributed by atoms with Gasteiger partial charge in [-0.25, -0.2) is 9.18 Å². The molecule has 4 nitrogen and oxygen atoms in total. The third-order valence-corrected chi connectivity index (χ3v) is 2.88. The quantitative estimate of drug-likeness (QED) is 0.666. The Balaban J connectivity index is 2.23. The number of esters is 1. The van der Waals surface area contributed by atoms with Crippen LogP contribution in [0.5, 0.6) is 0 Å². The molecule has 0 radical (unpaired) electrons. The number of halogens is 1. The van der Waals surface area contributed by atoms with Crippen LogP contribution in [-0.4, -0.2) is 12.6 Å². The first-order chi connectivity index (χ1) is 9.99. The van der Waals surface area contributed by atoms with Gasteiger partial charge in [-0.15, -0.1) is 0 Å². The van der Waals surface area contributed by atoms with E-state index in [1.165, 1.54) is 18.2 Å². The van der Waals surface area contributed by atoms with Crippen LogP contribution in [-0.2, 0) is 4.74 Å². The standard InChI is InChI=1S/C16H17FN2O2/c1-3-21-16(20)11-4-5-15(14(18)8-11)19-13-7-10(2)6-12(17)9-13/h4-9,19H,3,18H2,1-2H3. The molecule has 0 amide bonds. The second-order valence-corrected chi connectivity index (χ2v) is 4.66. The number of ether oxygens (including phenoxy) is 1. The van der Waals surface area contributed by atoms with Gasteiger partial charge >= 0.3 is 5.97 Å². The van der Waals surface area contributed by atoms with Crippen molar-refractivity contribution in [2.75, 3.05) is 17.7 Å². The van der Waals surface area contributed by atoms with E-state index in [0.717, 1.165) is 5.56 Å². The van der Waals surface area contributed by atoms with Crippen LogP contribution in [0.25, 0.3) is 0 Å². The van der Waals surface area contributed by atoms with Crippen LogP contribution >= 0.6 is 0 Å². The van der Waals surface area contributed by atoms with Crippen molar-refractivity contribution in [1.82, 2.24) is 0 Å². The van der Waals surface area contributed by atoms with Crippen molar-refractivity contribution in [1.29, 1.82) is 0 Å². The van der Waals surface area contributed by atoms with Gasteiger partial charge < -0.3 is 15.8 Å². The summed E-state index contributed by atoms with van der Waals surface area (Å²) in [5.41, 5.74) is 8.70. The number of aryl methyl sites for hydroxylation is 1. The topological polar surface area (TPSA) is 64.3 Å². The van der Waals surface area contributed by atoms with Crippen LogP contribution in [0.2, 0.25) is 0 Å². The van der Waals surface area contributed by atoms with Gasteiger partial charge in [0, 0.05) is 5.69 Å². The number of hydrogen-bond acceptors (Lipinski definition) is 4. The maximum atomic E-state index is 13.4. The average Bonchev–Trinajstić information content (AvgIpc) is 2.40. The third-order valence-electron chi connectivity index (χ3n) is 2.88. The number of rotatable bonds is 4. The van der Waals surface area contributed by atoms with E-state index in [1.54, 1.807) is 19.1 Å². The van der Waals surface area contributed by atoms with Crippen molar-refractivity contribution in [2.45, 2.75) is 13.8 Å². The smallest absolute Gasteiger partial charge is 0.338 e. The van der Waals surface area contributed by atoms with E-state index in [4.69, 9.17) is 10.5 Å². The zero-order chi connectivity index (χ0) is 15.4. The molecule has 0 aliphatic rings. The predicted molar refractivity (Wildman–Crippen MR) is 81.2 cm³/mol. The van der Waals surface area contributed by atoms with Crippen molar-refractivity contribution in [3.8, 4) is 0 Å². The number of nitrogens with two attached hydrogens (primary N) is 1. The molecule has 0 unspecified atom stereocenters. The minimum atomic E-state index is -0.419. The van der Waals surface area contributed by atoms with Gasteiger partial charge in [-0.2, -0.15) is 0 Å². The Labute approximate surface area is 122 Å². The van der Waals surface area contributed by atoms with Crippen LogP contribution in [0.3, 0.4) is 0 Å². The molecule has 0 bridgehead atoms. The van der Waals surface area contributed by atoms with Crippen LogP contribution in [0.15, 0.2) is 36.4 Å². The van der Waals surface area contributed by atoms with Crippen molar-refractivity contribution < 1.29 is 13.9 Å². The van der Waals surface area contributed by atoms with E-state index in [2.05, 4.69) is 5.32 Å². The lowest BCUT2D eigenvalue weighted by molar-refractivity contribution is 0.0526. The lowest BCUT2D eigenvalue weighted by atomic mass is 10.1. The number of benzene rings is 2. The number of hydrogen-bond donors (Lipinski definition) is 2. The summed E-state index contributed by atoms with van der Waals surface area (Å²) in [6, 6.07) is 9.45. The molecule has 0 atom stereocenters. The molecule has 0 saturated carbocycles. The number of nitrogen functional groups attached to an aromatic ring is 1. The molecule has 5 heteroatoms. The fourth-order valence-electron chi connectivity index (χ4n) is 1.98. The van der Waals surface area contributed by atoms with E-state index < -0.39 is 5.97 Å². The van der Waals surface area contributed by atoms with Gasteiger partial charge in [-0.05, 0) is 55.8 Å². The highest BCUT2D eigenvalue weighted by atomic mass is 19.1. The first-order valence-electron chi connectivity index (χ1n) is 6.60. The minimum absolute atomic E-state index is 0.307. The van der Waals surface area contributed by atoms with Gasteiger partial charge in [-0.1, -0.05) is 0 Å². The van der Waals surface area contributed by atoms with E-state index in [-0.39, 0.29) is 5.82 Å². The Morgan fingerprint density at radius 3 is 2.67 bits per heavy atom. The summed E-state index contributed by atoms with van der Waals surface area (Å²) in [6.07, 6.45) is 0. The van der Waals surface area contributed by atoms with Crippen molar-refractivity contribution >= 4 is 23.0 Å². The van der Waals surface area contributed by atoms with E-state index in [9.17, 15) is 9.18 Å². The van der Waals surface area contributed by atoms with E-state index in [0.29, 0.717) is 29.2 Å². The summed E-state index contributed by atoms with van der Waals surface area (Å²) in [7, 11) is 0. The molecule has 3 N–H and O–H groups in total. The van der Waals surface area contributed by atoms with Crippen LogP contribution < -0.4 is 11.1 Å². The Bertz CT molecular complexity index is 651. The molecule has 0 fully saturated rings. The van der Waals surface area contributed by atoms with Crippen molar-refractivity contribution in [2.24, 2.45) is 0 Å². The lowest BCUT2D eigenvalue weighted by Gasteiger charge is -2.11. The molecular formula is C16H17FN2O2. The molecule has 2 rings (SSSR count). The van der Waals surface area contributed by atoms with Crippen molar-refractivity contribution in [3.05, 3.63) is 53.3 Å². The lowest BCUT2D eigenvalue weighted by Crippen LogP contribution is -2.06. The number of carbonyl (C=O) groups excluding carboxylic acids is 1. The first-order valence-corrected chi connectivity index (χ1v) is 6.60. The second kappa shape index (κ2) is 6.26. The molecule has 0 spiro atoms. The van der Waals surface area contributed by atoms with Gasteiger partial charge in [0.2, 0.25) is 0 Å². The Kier molecular flexibility index (Phi) is 4.42. The SMILES string of the molecule is CCOC(=O)c1ccc(Nc2cc(C)cc(F)c2)c(N)c1. The largest absolute Gasteiger partial charge is 0.462 e. The molecule has 0 aliphatic carbocycles. The van der Waals surface area contributed by atoms with Crippen molar-refractivity contribution in [3.63, 3.8) is 0 Å². The zero-order valence-corrected chi connectivity index (χ0v) is 11.9. The number of anilines is 3. The minimum Gasteiger partial charge on any atom is -0.462 e. The maximum absolute atomic E-state index is 13.4. The molecule has 2 aromatic carbocycles. The predicted octanol–water partition coefficient (Wildman–Crippen LogP) is 3.64. The Morgan fingerprint density at radius 2 is 2.05 bits per heavy atom. The summed E-state index contributed by atoms with van der Waals surface area (Å²) in [5.74, 6) is -0.739. The van der Waals surface area contributed by atoms with Crippen LogP contribution in [0, 0.1) is 12.7 Å². The normalized spacial score (nSPS) is 10.2. The summed E-state index contributed by atoms with van der Waals surface area (Å²) < 4.78 is 18.3. The van der Waals surface area contributed by atoms with E-state index in [1.807, 2.05) is 13.0 Å². The van der Waals surface area contributed by atoms with Gasteiger partial charge in [0.05, 0.1) is 23.5 Å². The summed E-state index contributed by atoms with van der Waals surface area (Å²) in [5, 5.41) is 3.03. The Hall–Kier alpha value is -2.56. The molecule has 110 valence electrons. The average molecular weight is 288 g/mol. The maximum Gasteiger partial charge on any atom is 0.338 e. The highest BCUT2D eigenvalue weighted by molar-refractivity contribution is 5.92. The van der Waals surface area contributed by atoms with Gasteiger partial charge in [0.25, 0.3) is 0 Å². The number of carbonyl (C=O) groups is 1.